The normalized spacial score (nSPS) is 14.1. The Labute approximate surface area is 69.0 Å². The summed E-state index contributed by atoms with van der Waals surface area (Å²) in [5, 5.41) is 0. The number of hydrogen-bond donors (Lipinski definition) is 0. The lowest BCUT2D eigenvalue weighted by Gasteiger charge is -2.16. The Morgan fingerprint density at radius 2 is 2.00 bits per heavy atom. The first-order valence-corrected chi connectivity index (χ1v) is 3.43. The summed E-state index contributed by atoms with van der Waals surface area (Å²) < 4.78 is 43.1. The zero-order valence-corrected chi connectivity index (χ0v) is 6.94. The second-order valence-corrected chi connectivity index (χ2v) is 2.11. The van der Waals surface area contributed by atoms with E-state index in [1.54, 1.807) is 6.92 Å². The van der Waals surface area contributed by atoms with E-state index in [1.165, 1.54) is 6.92 Å². The van der Waals surface area contributed by atoms with Crippen molar-refractivity contribution >= 4 is 0 Å². The van der Waals surface area contributed by atoms with Crippen LogP contribution in [-0.4, -0.2) is 19.1 Å². The molecule has 0 heterocycles. The number of ether oxygens (including phenoxy) is 2. The SMILES string of the molecule is C=C(OC(F)(F)F)C(C)OCC. The molecule has 0 aliphatic heterocycles. The van der Waals surface area contributed by atoms with Crippen LogP contribution in [-0.2, 0) is 9.47 Å². The Morgan fingerprint density at radius 3 is 2.33 bits per heavy atom. The van der Waals surface area contributed by atoms with Crippen LogP contribution in [0.5, 0.6) is 0 Å². The van der Waals surface area contributed by atoms with E-state index in [4.69, 9.17) is 4.74 Å². The molecule has 1 atom stereocenters. The maximum atomic E-state index is 11.6. The van der Waals surface area contributed by atoms with Crippen LogP contribution in [0, 0.1) is 0 Å². The zero-order chi connectivity index (χ0) is 9.78. The van der Waals surface area contributed by atoms with Crippen molar-refractivity contribution in [3.63, 3.8) is 0 Å². The molecule has 0 bridgehead atoms. The molecule has 0 saturated heterocycles. The monoisotopic (exact) mass is 184 g/mol. The number of halogens is 3. The van der Waals surface area contributed by atoms with Gasteiger partial charge in [0.25, 0.3) is 0 Å². The van der Waals surface area contributed by atoms with E-state index in [0.717, 1.165) is 0 Å². The van der Waals surface area contributed by atoms with Crippen molar-refractivity contribution in [3.05, 3.63) is 12.3 Å². The van der Waals surface area contributed by atoms with Crippen molar-refractivity contribution in [1.82, 2.24) is 0 Å². The first-order chi connectivity index (χ1) is 5.37. The van der Waals surface area contributed by atoms with Crippen molar-refractivity contribution in [2.45, 2.75) is 26.3 Å². The molecule has 0 aromatic carbocycles. The second kappa shape index (κ2) is 4.35. The van der Waals surface area contributed by atoms with Crippen LogP contribution in [0.25, 0.3) is 0 Å². The molecule has 0 aliphatic rings. The molecule has 0 spiro atoms. The molecule has 0 rings (SSSR count). The van der Waals surface area contributed by atoms with Crippen molar-refractivity contribution in [3.8, 4) is 0 Å². The van der Waals surface area contributed by atoms with E-state index in [-0.39, 0.29) is 0 Å². The first-order valence-electron chi connectivity index (χ1n) is 3.43. The van der Waals surface area contributed by atoms with Gasteiger partial charge < -0.3 is 9.47 Å². The minimum atomic E-state index is -4.68. The van der Waals surface area contributed by atoms with Gasteiger partial charge in [-0.15, -0.1) is 13.2 Å². The highest BCUT2D eigenvalue weighted by Gasteiger charge is 2.32. The molecule has 0 aromatic rings. The summed E-state index contributed by atoms with van der Waals surface area (Å²) >= 11 is 0. The minimum Gasteiger partial charge on any atom is -0.408 e. The highest BCUT2D eigenvalue weighted by atomic mass is 19.4. The third-order valence-electron chi connectivity index (χ3n) is 1.12. The van der Waals surface area contributed by atoms with Gasteiger partial charge in [0.05, 0.1) is 0 Å². The molecule has 5 heteroatoms. The Hall–Kier alpha value is -0.710. The van der Waals surface area contributed by atoms with Crippen molar-refractivity contribution in [1.29, 1.82) is 0 Å². The Balaban J connectivity index is 3.87. The van der Waals surface area contributed by atoms with Crippen LogP contribution >= 0.6 is 0 Å². The summed E-state index contributed by atoms with van der Waals surface area (Å²) in [6.45, 7) is 6.53. The van der Waals surface area contributed by atoms with Crippen LogP contribution in [0.3, 0.4) is 0 Å². The average molecular weight is 184 g/mol. The average Bonchev–Trinajstić information content (AvgIpc) is 1.84. The van der Waals surface area contributed by atoms with Crippen molar-refractivity contribution in [2.75, 3.05) is 6.61 Å². The van der Waals surface area contributed by atoms with E-state index in [2.05, 4.69) is 11.3 Å². The number of alkyl halides is 3. The van der Waals surface area contributed by atoms with Gasteiger partial charge in [0.15, 0.2) is 0 Å². The van der Waals surface area contributed by atoms with Crippen molar-refractivity contribution < 1.29 is 22.6 Å². The van der Waals surface area contributed by atoms with E-state index in [1.807, 2.05) is 0 Å². The molecule has 0 amide bonds. The summed E-state index contributed by atoms with van der Waals surface area (Å²) in [5.41, 5.74) is 0. The van der Waals surface area contributed by atoms with Gasteiger partial charge in [0, 0.05) is 6.61 Å². The summed E-state index contributed by atoms with van der Waals surface area (Å²) in [6, 6.07) is 0. The third-order valence-corrected chi connectivity index (χ3v) is 1.12. The molecule has 0 N–H and O–H groups in total. The van der Waals surface area contributed by atoms with Gasteiger partial charge in [0.1, 0.15) is 11.9 Å². The fourth-order valence-electron chi connectivity index (χ4n) is 0.575. The Morgan fingerprint density at radius 1 is 1.50 bits per heavy atom. The molecular weight excluding hydrogens is 173 g/mol. The molecule has 0 aliphatic carbocycles. The van der Waals surface area contributed by atoms with Crippen LogP contribution in [0.2, 0.25) is 0 Å². The third kappa shape index (κ3) is 5.01. The smallest absolute Gasteiger partial charge is 0.408 e. The summed E-state index contributed by atoms with van der Waals surface area (Å²) in [4.78, 5) is 0. The topological polar surface area (TPSA) is 18.5 Å². The fraction of sp³-hybridized carbons (Fsp3) is 0.714. The molecule has 0 fully saturated rings. The van der Waals surface area contributed by atoms with E-state index in [0.29, 0.717) is 6.61 Å². The largest absolute Gasteiger partial charge is 0.572 e. The summed E-state index contributed by atoms with van der Waals surface area (Å²) in [5.74, 6) is -0.427. The van der Waals surface area contributed by atoms with Gasteiger partial charge in [-0.2, -0.15) is 0 Å². The second-order valence-electron chi connectivity index (χ2n) is 2.11. The maximum Gasteiger partial charge on any atom is 0.572 e. The molecule has 0 radical (unpaired) electrons. The lowest BCUT2D eigenvalue weighted by atomic mass is 10.3. The number of rotatable bonds is 4. The lowest BCUT2D eigenvalue weighted by Crippen LogP contribution is -2.20. The van der Waals surface area contributed by atoms with Crippen LogP contribution < -0.4 is 0 Å². The molecule has 0 aromatic heterocycles. The van der Waals surface area contributed by atoms with Crippen LogP contribution in [0.1, 0.15) is 13.8 Å². The maximum absolute atomic E-state index is 11.6. The van der Waals surface area contributed by atoms with Gasteiger partial charge in [-0.3, -0.25) is 0 Å². The van der Waals surface area contributed by atoms with E-state index in [9.17, 15) is 13.2 Å². The van der Waals surface area contributed by atoms with Crippen molar-refractivity contribution in [2.24, 2.45) is 0 Å². The highest BCUT2D eigenvalue weighted by molar-refractivity contribution is 4.90. The molecule has 2 nitrogen and oxygen atoms in total. The van der Waals surface area contributed by atoms with Crippen LogP contribution in [0.4, 0.5) is 13.2 Å². The Bertz CT molecular complexity index is 153. The molecule has 12 heavy (non-hydrogen) atoms. The van der Waals surface area contributed by atoms with Gasteiger partial charge in [-0.25, -0.2) is 0 Å². The predicted molar refractivity (Wildman–Crippen MR) is 37.4 cm³/mol. The molecule has 72 valence electrons. The molecule has 0 saturated carbocycles. The standard InChI is InChI=1S/C7H11F3O2/c1-4-11-5(2)6(3)12-7(8,9)10/h5H,3-4H2,1-2H3. The minimum absolute atomic E-state index is 0.321. The predicted octanol–water partition coefficient (Wildman–Crippen LogP) is 2.46. The van der Waals surface area contributed by atoms with Gasteiger partial charge >= 0.3 is 6.36 Å². The number of hydrogen-bond acceptors (Lipinski definition) is 2. The quantitative estimate of drug-likeness (QED) is 0.625. The van der Waals surface area contributed by atoms with Crippen LogP contribution in [0.15, 0.2) is 12.3 Å². The summed E-state index contributed by atoms with van der Waals surface area (Å²) in [7, 11) is 0. The van der Waals surface area contributed by atoms with Gasteiger partial charge in [0.2, 0.25) is 0 Å². The highest BCUT2D eigenvalue weighted by Crippen LogP contribution is 2.22. The first kappa shape index (κ1) is 11.3. The summed E-state index contributed by atoms with van der Waals surface area (Å²) in [6.07, 6.45) is -5.42. The molecule has 1 unspecified atom stereocenters. The van der Waals surface area contributed by atoms with Gasteiger partial charge in [-0.05, 0) is 13.8 Å². The fourth-order valence-corrected chi connectivity index (χ4v) is 0.575. The van der Waals surface area contributed by atoms with Gasteiger partial charge in [-0.1, -0.05) is 6.58 Å². The van der Waals surface area contributed by atoms with E-state index >= 15 is 0 Å². The van der Waals surface area contributed by atoms with E-state index < -0.39 is 18.2 Å². The Kier molecular flexibility index (Phi) is 4.09. The molecular formula is C7H11F3O2. The lowest BCUT2D eigenvalue weighted by molar-refractivity contribution is -0.310. The zero-order valence-electron chi connectivity index (χ0n) is 6.94.